The number of nitrogens with two attached hydrogens (primary N) is 4. The number of carbonyl (C=O) groups excluding carboxylic acids is 4. The average Bonchev–Trinajstić information content (AvgIpc) is 2.67. The molecule has 21 heteroatoms. The van der Waals surface area contributed by atoms with Crippen LogP contribution >= 0.6 is 0 Å². The number of carboxylic acid groups (broad SMARTS) is 8. The molecule has 0 fully saturated rings. The summed E-state index contributed by atoms with van der Waals surface area (Å²) in [4.78, 5) is 77.9. The van der Waals surface area contributed by atoms with Crippen LogP contribution in [-0.4, -0.2) is 92.3 Å². The molecule has 0 aliphatic rings. The molecule has 0 unspecified atom stereocenters. The van der Waals surface area contributed by atoms with Crippen molar-refractivity contribution < 1.29 is 102 Å². The minimum Gasteiger partial charge on any atom is -0.548 e. The Morgan fingerprint density at radius 2 is 0.568 bits per heavy atom. The molecule has 12 N–H and O–H groups in total. The van der Waals surface area contributed by atoms with Crippen molar-refractivity contribution in [3.63, 3.8) is 0 Å². The van der Waals surface area contributed by atoms with E-state index in [1.807, 2.05) is 0 Å². The second-order valence-corrected chi connectivity index (χ2v) is 6.09. The maximum atomic E-state index is 9.74. The number of hydrogen-bond acceptors (Lipinski definition) is 16. The first-order valence-corrected chi connectivity index (χ1v) is 8.88. The minimum absolute atomic E-state index is 0. The molecule has 0 saturated heterocycles. The fraction of sp³-hybridized carbons (Fsp3) is 0.500. The second-order valence-electron chi connectivity index (χ2n) is 6.09. The Bertz CT molecular complexity index is 676. The van der Waals surface area contributed by atoms with Crippen LogP contribution in [0.3, 0.4) is 0 Å². The molecule has 0 aliphatic heterocycles. The van der Waals surface area contributed by atoms with Gasteiger partial charge in [-0.3, -0.25) is 19.2 Å². The molecule has 0 radical (unpaired) electrons. The molecule has 4 atom stereocenters. The van der Waals surface area contributed by atoms with E-state index in [4.69, 9.17) is 43.4 Å². The first kappa shape index (κ1) is 43.3. The van der Waals surface area contributed by atoms with Gasteiger partial charge in [0.15, 0.2) is 0 Å². The molecule has 0 aromatic rings. The van der Waals surface area contributed by atoms with Crippen molar-refractivity contribution in [1.82, 2.24) is 0 Å². The van der Waals surface area contributed by atoms with E-state index in [-0.39, 0.29) is 22.3 Å². The van der Waals surface area contributed by atoms with Gasteiger partial charge in [0.2, 0.25) is 0 Å². The summed E-state index contributed by atoms with van der Waals surface area (Å²) in [6, 6.07) is -5.60. The summed E-state index contributed by atoms with van der Waals surface area (Å²) in [6.45, 7) is 0. The summed E-state index contributed by atoms with van der Waals surface area (Å²) in [7, 11) is 0. The fourth-order valence-electron chi connectivity index (χ4n) is 1.09. The molecule has 208 valence electrons. The quantitative estimate of drug-likeness (QED) is 0.0969. The molecule has 0 aromatic carbocycles. The molecule has 0 saturated carbocycles. The third-order valence-corrected chi connectivity index (χ3v) is 2.79. The molecule has 37 heavy (non-hydrogen) atoms. The first-order chi connectivity index (χ1) is 16.1. The molecule has 0 aliphatic carbocycles. The molecule has 20 nitrogen and oxygen atoms in total. The fourth-order valence-corrected chi connectivity index (χ4v) is 1.09. The molecular formula is C16H26N4O16Zn. The van der Waals surface area contributed by atoms with E-state index in [9.17, 15) is 58.8 Å². The van der Waals surface area contributed by atoms with Crippen molar-refractivity contribution in [2.24, 2.45) is 22.9 Å². The normalized spacial score (nSPS) is 12.2. The van der Waals surface area contributed by atoms with E-state index in [0.29, 0.717) is 0 Å². The zero-order valence-electron chi connectivity index (χ0n) is 20.8. The molecule has 0 amide bonds. The Morgan fingerprint density at radius 3 is 0.595 bits per heavy atom. The van der Waals surface area contributed by atoms with E-state index in [1.54, 1.807) is 0 Å². The molecule has 0 spiro atoms. The van der Waals surface area contributed by atoms with Crippen LogP contribution < -0.4 is 43.4 Å². The van der Waals surface area contributed by atoms with Crippen LogP contribution in [0.2, 0.25) is 0 Å². The van der Waals surface area contributed by atoms with Gasteiger partial charge in [0.05, 0.1) is 73.7 Å². The van der Waals surface area contributed by atoms with Gasteiger partial charge in [-0.15, -0.1) is 0 Å². The summed E-state index contributed by atoms with van der Waals surface area (Å²) in [6.07, 6.45) is -2.38. The van der Waals surface area contributed by atoms with Crippen molar-refractivity contribution in [2.75, 3.05) is 0 Å². The average molecular weight is 596 g/mol. The van der Waals surface area contributed by atoms with Crippen molar-refractivity contribution in [2.45, 2.75) is 49.9 Å². The third-order valence-electron chi connectivity index (χ3n) is 2.79. The van der Waals surface area contributed by atoms with Crippen molar-refractivity contribution in [1.29, 1.82) is 0 Å². The van der Waals surface area contributed by atoms with Gasteiger partial charge in [0, 0.05) is 0 Å². The van der Waals surface area contributed by atoms with Gasteiger partial charge in [-0.05, 0) is 0 Å². The van der Waals surface area contributed by atoms with Gasteiger partial charge in [0.25, 0.3) is 0 Å². The molecule has 0 heterocycles. The topological polar surface area (TPSA) is 414 Å². The van der Waals surface area contributed by atoms with Gasteiger partial charge in [-0.25, -0.2) is 0 Å². The van der Waals surface area contributed by atoms with Crippen LogP contribution in [0.25, 0.3) is 0 Å². The Balaban J connectivity index is -0.0000000683. The number of carbonyl (C=O) groups is 8. The SMILES string of the molecule is N[C@@H](CC(=O)O)C(=O)[O-].N[C@@H](CC(=O)O)C(=O)[O-].N[C@@H](CC(=O)O)C(=O)[O-].N[C@@H](CC(=O)O)C(=O)[O-].[H+].[H+].[Zn+2]. The summed E-state index contributed by atoms with van der Waals surface area (Å²) in [5.41, 5.74) is 19.1. The van der Waals surface area contributed by atoms with Crippen LogP contribution in [0, 0.1) is 0 Å². The Kier molecular flexibility index (Phi) is 28.0. The zero-order valence-corrected chi connectivity index (χ0v) is 21.8. The van der Waals surface area contributed by atoms with E-state index in [2.05, 4.69) is 0 Å². The van der Waals surface area contributed by atoms with Gasteiger partial charge < -0.3 is 83.0 Å². The number of carboxylic acids is 8. The standard InChI is InChI=1S/4C4H7NO4.Zn/c4*5-2(4(8)9)1-3(6)7;/h4*2H,1,5H2,(H,6,7)(H,8,9);/q;;;;+2/p-2/t4*2-;/m0000./s1. The summed E-state index contributed by atoms with van der Waals surface area (Å²) < 4.78 is 0. The van der Waals surface area contributed by atoms with E-state index < -0.39 is 97.6 Å². The Hall–Kier alpha value is -3.78. The maximum Gasteiger partial charge on any atom is 2.00 e. The second kappa shape index (κ2) is 23.9. The Morgan fingerprint density at radius 1 is 0.459 bits per heavy atom. The van der Waals surface area contributed by atoms with Crippen LogP contribution in [-0.2, 0) is 57.8 Å². The third kappa shape index (κ3) is 37.0. The van der Waals surface area contributed by atoms with Gasteiger partial charge >= 0.3 is 46.2 Å². The molecular weight excluding hydrogens is 570 g/mol. The smallest absolute Gasteiger partial charge is 0.548 e. The van der Waals surface area contributed by atoms with Crippen LogP contribution in [0.1, 0.15) is 28.5 Å². The monoisotopic (exact) mass is 594 g/mol. The largest absolute Gasteiger partial charge is 2.00 e. The van der Waals surface area contributed by atoms with Gasteiger partial charge in [-0.2, -0.15) is 0 Å². The molecule has 0 bridgehead atoms. The maximum absolute atomic E-state index is 9.74. The van der Waals surface area contributed by atoms with Gasteiger partial charge in [-0.1, -0.05) is 0 Å². The summed E-state index contributed by atoms with van der Waals surface area (Å²) in [5.74, 6) is -11.2. The van der Waals surface area contributed by atoms with Crippen LogP contribution in [0.4, 0.5) is 0 Å². The van der Waals surface area contributed by atoms with E-state index in [0.717, 1.165) is 0 Å². The van der Waals surface area contributed by atoms with Crippen molar-refractivity contribution >= 4 is 47.8 Å². The minimum atomic E-state index is -1.54. The van der Waals surface area contributed by atoms with Gasteiger partial charge in [0.1, 0.15) is 0 Å². The number of rotatable bonds is 12. The first-order valence-electron chi connectivity index (χ1n) is 8.88. The van der Waals surface area contributed by atoms with Crippen LogP contribution in [0.15, 0.2) is 0 Å². The molecule has 0 aromatic heterocycles. The number of aliphatic carboxylic acids is 8. The predicted octanol–water partition coefficient (Wildman–Crippen LogP) is -9.62. The zero-order chi connectivity index (χ0) is 29.8. The van der Waals surface area contributed by atoms with E-state index >= 15 is 0 Å². The van der Waals surface area contributed by atoms with Crippen LogP contribution in [0.5, 0.6) is 0 Å². The van der Waals surface area contributed by atoms with E-state index in [1.165, 1.54) is 0 Å². The predicted molar refractivity (Wildman–Crippen MR) is 103 cm³/mol. The van der Waals surface area contributed by atoms with Crippen molar-refractivity contribution in [3.05, 3.63) is 0 Å². The number of hydrogen-bond donors (Lipinski definition) is 8. The summed E-state index contributed by atoms with van der Waals surface area (Å²) in [5, 5.41) is 70.8. The van der Waals surface area contributed by atoms with Crippen molar-refractivity contribution in [3.8, 4) is 0 Å². The summed E-state index contributed by atoms with van der Waals surface area (Å²) >= 11 is 0. The Labute approximate surface area is 222 Å². The molecule has 0 rings (SSSR count).